The van der Waals surface area contributed by atoms with E-state index in [0.29, 0.717) is 22.2 Å². The topological polar surface area (TPSA) is 66.8 Å². The van der Waals surface area contributed by atoms with Crippen LogP contribution in [0.2, 0.25) is 0 Å². The third kappa shape index (κ3) is 3.46. The number of benzene rings is 2. The lowest BCUT2D eigenvalue weighted by Gasteiger charge is -2.41. The van der Waals surface area contributed by atoms with Gasteiger partial charge in [-0.25, -0.2) is 0 Å². The van der Waals surface area contributed by atoms with Crippen molar-refractivity contribution < 1.29 is 19.4 Å². The summed E-state index contributed by atoms with van der Waals surface area (Å²) in [6.07, 6.45) is 2.31. The summed E-state index contributed by atoms with van der Waals surface area (Å²) < 4.78 is 5.60. The standard InChI is InChI=1S/C20H20BrNO4/c1-22(20(25)14-6-15(11-23)19(24)18(21)10-14)16-7-13(8-16)12-4-3-5-17(9-12)26-2/h3-6,9-11,13,16,24H,7-8H2,1-2H3. The predicted octanol–water partition coefficient (Wildman–Crippen LogP) is 3.99. The van der Waals surface area contributed by atoms with Crippen LogP contribution in [0, 0.1) is 0 Å². The molecule has 1 N–H and O–H groups in total. The number of halogens is 1. The molecular formula is C20H20BrNO4. The van der Waals surface area contributed by atoms with E-state index in [-0.39, 0.29) is 23.3 Å². The zero-order chi connectivity index (χ0) is 18.8. The molecule has 1 fully saturated rings. The Balaban J connectivity index is 1.69. The lowest BCUT2D eigenvalue weighted by molar-refractivity contribution is 0.0620. The first-order valence-electron chi connectivity index (χ1n) is 8.33. The van der Waals surface area contributed by atoms with Crippen LogP contribution < -0.4 is 4.74 Å². The van der Waals surface area contributed by atoms with Gasteiger partial charge in [0.1, 0.15) is 11.5 Å². The van der Waals surface area contributed by atoms with Crippen LogP contribution in [-0.4, -0.2) is 42.4 Å². The van der Waals surface area contributed by atoms with Gasteiger partial charge in [-0.05, 0) is 64.5 Å². The molecule has 0 spiro atoms. The maximum atomic E-state index is 12.7. The maximum Gasteiger partial charge on any atom is 0.253 e. The molecule has 3 rings (SSSR count). The predicted molar refractivity (Wildman–Crippen MR) is 102 cm³/mol. The highest BCUT2D eigenvalue weighted by atomic mass is 79.9. The molecule has 26 heavy (non-hydrogen) atoms. The Kier molecular flexibility index (Phi) is 5.32. The number of amides is 1. The highest BCUT2D eigenvalue weighted by Crippen LogP contribution is 2.41. The second-order valence-corrected chi connectivity index (χ2v) is 7.38. The smallest absolute Gasteiger partial charge is 0.253 e. The number of nitrogens with zero attached hydrogens (tertiary/aromatic N) is 1. The van der Waals surface area contributed by atoms with Crippen LogP contribution in [0.1, 0.15) is 45.0 Å². The van der Waals surface area contributed by atoms with Gasteiger partial charge in [-0.1, -0.05) is 12.1 Å². The Labute approximate surface area is 160 Å². The van der Waals surface area contributed by atoms with Crippen LogP contribution in [-0.2, 0) is 0 Å². The molecule has 0 heterocycles. The van der Waals surface area contributed by atoms with E-state index in [9.17, 15) is 14.7 Å². The largest absolute Gasteiger partial charge is 0.506 e. The molecule has 1 aliphatic rings. The molecule has 6 heteroatoms. The minimum Gasteiger partial charge on any atom is -0.506 e. The summed E-state index contributed by atoms with van der Waals surface area (Å²) in [6.45, 7) is 0. The van der Waals surface area contributed by atoms with Crippen LogP contribution in [0.15, 0.2) is 40.9 Å². The first-order valence-corrected chi connectivity index (χ1v) is 9.12. The number of carbonyl (C=O) groups is 2. The SMILES string of the molecule is COc1cccc(C2CC(N(C)C(=O)c3cc(Br)c(O)c(C=O)c3)C2)c1. The van der Waals surface area contributed by atoms with Gasteiger partial charge in [-0.15, -0.1) is 0 Å². The van der Waals surface area contributed by atoms with Crippen molar-refractivity contribution in [3.05, 3.63) is 57.6 Å². The fourth-order valence-electron chi connectivity index (χ4n) is 3.27. The van der Waals surface area contributed by atoms with E-state index in [1.54, 1.807) is 25.1 Å². The summed E-state index contributed by atoms with van der Waals surface area (Å²) in [5.41, 5.74) is 1.69. The number of carbonyl (C=O) groups excluding carboxylic acids is 2. The average Bonchev–Trinajstić information content (AvgIpc) is 2.62. The van der Waals surface area contributed by atoms with E-state index in [1.165, 1.54) is 11.6 Å². The highest BCUT2D eigenvalue weighted by molar-refractivity contribution is 9.10. The van der Waals surface area contributed by atoms with Crippen LogP contribution >= 0.6 is 15.9 Å². The lowest BCUT2D eigenvalue weighted by atomic mass is 9.75. The Hall–Kier alpha value is -2.34. The Morgan fingerprint density at radius 2 is 2.04 bits per heavy atom. The third-order valence-electron chi connectivity index (χ3n) is 5.01. The van der Waals surface area contributed by atoms with Crippen molar-refractivity contribution in [1.82, 2.24) is 4.90 Å². The monoisotopic (exact) mass is 417 g/mol. The summed E-state index contributed by atoms with van der Waals surface area (Å²) >= 11 is 3.19. The lowest BCUT2D eigenvalue weighted by Crippen LogP contribution is -2.44. The molecule has 0 saturated heterocycles. The van der Waals surface area contributed by atoms with Crippen LogP contribution in [0.25, 0.3) is 0 Å². The zero-order valence-electron chi connectivity index (χ0n) is 14.6. The molecule has 2 aromatic rings. The van der Waals surface area contributed by atoms with Gasteiger partial charge in [0.2, 0.25) is 0 Å². The van der Waals surface area contributed by atoms with Gasteiger partial charge >= 0.3 is 0 Å². The van der Waals surface area contributed by atoms with Gasteiger partial charge in [0.25, 0.3) is 5.91 Å². The molecule has 2 aromatic carbocycles. The normalized spacial score (nSPS) is 18.7. The molecule has 0 atom stereocenters. The molecule has 0 radical (unpaired) electrons. The number of hydrogen-bond donors (Lipinski definition) is 1. The van der Waals surface area contributed by atoms with Crippen molar-refractivity contribution in [3.63, 3.8) is 0 Å². The molecular weight excluding hydrogens is 398 g/mol. The summed E-state index contributed by atoms with van der Waals surface area (Å²) in [6, 6.07) is 11.1. The highest BCUT2D eigenvalue weighted by Gasteiger charge is 2.35. The number of aldehydes is 1. The number of phenolic OH excluding ortho intramolecular Hbond substituents is 1. The number of hydrogen-bond acceptors (Lipinski definition) is 4. The molecule has 1 saturated carbocycles. The molecule has 5 nitrogen and oxygen atoms in total. The van der Waals surface area contributed by atoms with Gasteiger partial charge in [0.15, 0.2) is 6.29 Å². The summed E-state index contributed by atoms with van der Waals surface area (Å²) in [4.78, 5) is 25.5. The first-order chi connectivity index (χ1) is 12.4. The molecule has 0 aromatic heterocycles. The van der Waals surface area contributed by atoms with Crippen LogP contribution in [0.3, 0.4) is 0 Å². The van der Waals surface area contributed by atoms with Crippen molar-refractivity contribution in [2.45, 2.75) is 24.8 Å². The third-order valence-corrected chi connectivity index (χ3v) is 5.62. The molecule has 0 bridgehead atoms. The van der Waals surface area contributed by atoms with Crippen molar-refractivity contribution in [2.24, 2.45) is 0 Å². The Morgan fingerprint density at radius 1 is 1.31 bits per heavy atom. The van der Waals surface area contributed by atoms with E-state index in [4.69, 9.17) is 4.74 Å². The minimum absolute atomic E-state index is 0.0963. The Morgan fingerprint density at radius 3 is 2.69 bits per heavy atom. The van der Waals surface area contributed by atoms with Crippen molar-refractivity contribution >= 4 is 28.1 Å². The molecule has 0 aliphatic heterocycles. The maximum absolute atomic E-state index is 12.7. The zero-order valence-corrected chi connectivity index (χ0v) is 16.2. The van der Waals surface area contributed by atoms with E-state index in [2.05, 4.69) is 22.0 Å². The molecule has 136 valence electrons. The molecule has 1 aliphatic carbocycles. The number of phenols is 1. The van der Waals surface area contributed by atoms with E-state index < -0.39 is 0 Å². The molecule has 0 unspecified atom stereocenters. The van der Waals surface area contributed by atoms with E-state index >= 15 is 0 Å². The van der Waals surface area contributed by atoms with E-state index in [1.807, 2.05) is 18.2 Å². The first kappa shape index (κ1) is 18.5. The Bertz CT molecular complexity index is 846. The number of rotatable bonds is 5. The van der Waals surface area contributed by atoms with Crippen molar-refractivity contribution in [2.75, 3.05) is 14.2 Å². The van der Waals surface area contributed by atoms with Gasteiger partial charge in [0, 0.05) is 18.7 Å². The van der Waals surface area contributed by atoms with Crippen LogP contribution in [0.4, 0.5) is 0 Å². The van der Waals surface area contributed by atoms with E-state index in [0.717, 1.165) is 18.6 Å². The van der Waals surface area contributed by atoms with Crippen molar-refractivity contribution in [3.8, 4) is 11.5 Å². The van der Waals surface area contributed by atoms with Gasteiger partial charge < -0.3 is 14.7 Å². The van der Waals surface area contributed by atoms with Gasteiger partial charge in [-0.3, -0.25) is 9.59 Å². The van der Waals surface area contributed by atoms with Crippen molar-refractivity contribution in [1.29, 1.82) is 0 Å². The second-order valence-electron chi connectivity index (χ2n) is 6.53. The minimum atomic E-state index is -0.164. The molecule has 1 amide bonds. The fraction of sp³-hybridized carbons (Fsp3) is 0.300. The second kappa shape index (κ2) is 7.50. The quantitative estimate of drug-likeness (QED) is 0.746. The summed E-state index contributed by atoms with van der Waals surface area (Å²) in [5, 5.41) is 9.80. The van der Waals surface area contributed by atoms with Crippen LogP contribution in [0.5, 0.6) is 11.5 Å². The average molecular weight is 418 g/mol. The number of ether oxygens (including phenoxy) is 1. The van der Waals surface area contributed by atoms with Gasteiger partial charge in [-0.2, -0.15) is 0 Å². The fourth-order valence-corrected chi connectivity index (χ4v) is 3.75. The number of aromatic hydroxyl groups is 1. The summed E-state index contributed by atoms with van der Waals surface area (Å²) in [5.74, 6) is 0.928. The number of methoxy groups -OCH3 is 1. The summed E-state index contributed by atoms with van der Waals surface area (Å²) in [7, 11) is 3.43. The van der Waals surface area contributed by atoms with Gasteiger partial charge in [0.05, 0.1) is 17.1 Å².